The molecule has 96 valence electrons. The van der Waals surface area contributed by atoms with Crippen molar-refractivity contribution in [1.82, 2.24) is 4.98 Å². The zero-order valence-electron chi connectivity index (χ0n) is 11.3. The summed E-state index contributed by atoms with van der Waals surface area (Å²) >= 11 is 0. The van der Waals surface area contributed by atoms with E-state index in [2.05, 4.69) is 66.7 Å². The van der Waals surface area contributed by atoms with Crippen molar-refractivity contribution in [2.24, 2.45) is 0 Å². The summed E-state index contributed by atoms with van der Waals surface area (Å²) in [5, 5.41) is 2.67. The Hall–Kier alpha value is -1.89. The van der Waals surface area contributed by atoms with Crippen LogP contribution in [-0.4, -0.2) is 4.98 Å². The maximum absolute atomic E-state index is 4.59. The van der Waals surface area contributed by atoms with Crippen LogP contribution in [0.25, 0.3) is 10.8 Å². The summed E-state index contributed by atoms with van der Waals surface area (Å²) in [5.41, 5.74) is 2.53. The van der Waals surface area contributed by atoms with Crippen molar-refractivity contribution in [2.45, 2.75) is 32.1 Å². The predicted molar refractivity (Wildman–Crippen MR) is 81.4 cm³/mol. The Balaban J connectivity index is 2.07. The van der Waals surface area contributed by atoms with Crippen LogP contribution in [0.4, 0.5) is 0 Å². The summed E-state index contributed by atoms with van der Waals surface area (Å²) in [7, 11) is 0. The molecule has 1 aromatic heterocycles. The van der Waals surface area contributed by atoms with Crippen LogP contribution in [0.5, 0.6) is 0 Å². The van der Waals surface area contributed by atoms with Crippen LogP contribution in [0.15, 0.2) is 54.8 Å². The minimum absolute atomic E-state index is 0.583. The van der Waals surface area contributed by atoms with Gasteiger partial charge in [0.05, 0.1) is 0 Å². The fourth-order valence-corrected chi connectivity index (χ4v) is 2.88. The maximum Gasteiger partial charge on any atom is 0.0451 e. The molecule has 19 heavy (non-hydrogen) atoms. The van der Waals surface area contributed by atoms with Gasteiger partial charge in [0.25, 0.3) is 0 Å². The zero-order valence-corrected chi connectivity index (χ0v) is 11.3. The lowest BCUT2D eigenvalue weighted by atomic mass is 9.87. The van der Waals surface area contributed by atoms with Crippen LogP contribution in [0, 0.1) is 6.92 Å². The van der Waals surface area contributed by atoms with Crippen LogP contribution in [0.2, 0.25) is 0 Å². The van der Waals surface area contributed by atoms with Crippen molar-refractivity contribution in [3.8, 4) is 0 Å². The van der Waals surface area contributed by atoms with E-state index in [1.54, 1.807) is 0 Å². The molecule has 1 aliphatic rings. The quantitative estimate of drug-likeness (QED) is 0.698. The largest absolute Gasteiger partial charge is 0.261 e. The van der Waals surface area contributed by atoms with E-state index in [0.29, 0.717) is 5.92 Å². The van der Waals surface area contributed by atoms with E-state index >= 15 is 0 Å². The van der Waals surface area contributed by atoms with E-state index < -0.39 is 0 Å². The van der Waals surface area contributed by atoms with Gasteiger partial charge in [-0.3, -0.25) is 4.98 Å². The number of rotatable bonds is 1. The van der Waals surface area contributed by atoms with Gasteiger partial charge in [0.2, 0.25) is 0 Å². The van der Waals surface area contributed by atoms with E-state index in [1.807, 2.05) is 0 Å². The fraction of sp³-hybridized carbons (Fsp3) is 0.278. The Bertz CT molecular complexity index is 637. The van der Waals surface area contributed by atoms with Crippen LogP contribution >= 0.6 is 0 Å². The molecule has 1 aromatic carbocycles. The number of pyridine rings is 1. The number of benzene rings is 1. The summed E-state index contributed by atoms with van der Waals surface area (Å²) in [6, 6.07) is 8.64. The maximum atomic E-state index is 4.59. The topological polar surface area (TPSA) is 12.9 Å². The number of aryl methyl sites for hydroxylation is 1. The second-order valence-electron chi connectivity index (χ2n) is 5.21. The number of allylic oxidation sites excluding steroid dienone is 4. The van der Waals surface area contributed by atoms with E-state index in [-0.39, 0.29) is 0 Å². The molecule has 0 bridgehead atoms. The molecule has 1 unspecified atom stereocenters. The lowest BCUT2D eigenvalue weighted by Crippen LogP contribution is -2.01. The van der Waals surface area contributed by atoms with Gasteiger partial charge in [0.15, 0.2) is 0 Å². The third-order valence-corrected chi connectivity index (χ3v) is 3.95. The normalized spacial score (nSPS) is 22.7. The van der Waals surface area contributed by atoms with Gasteiger partial charge in [0.1, 0.15) is 0 Å². The van der Waals surface area contributed by atoms with Gasteiger partial charge in [0, 0.05) is 17.3 Å². The smallest absolute Gasteiger partial charge is 0.0451 e. The van der Waals surface area contributed by atoms with E-state index in [1.165, 1.54) is 22.8 Å². The third kappa shape index (κ3) is 2.46. The monoisotopic (exact) mass is 249 g/mol. The van der Waals surface area contributed by atoms with E-state index in [0.717, 1.165) is 18.5 Å². The Kier molecular flexibility index (Phi) is 3.45. The van der Waals surface area contributed by atoms with Crippen LogP contribution < -0.4 is 0 Å². The summed E-state index contributed by atoms with van der Waals surface area (Å²) in [6.07, 6.45) is 14.4. The second-order valence-corrected chi connectivity index (χ2v) is 5.21. The molecule has 1 atom stereocenters. The molecule has 3 rings (SSSR count). The van der Waals surface area contributed by atoms with Crippen molar-refractivity contribution in [3.63, 3.8) is 0 Å². The molecule has 0 N–H and O–H groups in total. The van der Waals surface area contributed by atoms with Gasteiger partial charge < -0.3 is 0 Å². The molecular formula is C18H19N. The molecular weight excluding hydrogens is 230 g/mol. The molecule has 1 nitrogen and oxygen atoms in total. The van der Waals surface area contributed by atoms with E-state index in [9.17, 15) is 0 Å². The molecule has 1 heteroatoms. The number of hydrogen-bond acceptors (Lipinski definition) is 1. The van der Waals surface area contributed by atoms with Crippen molar-refractivity contribution in [2.75, 3.05) is 0 Å². The molecule has 2 aromatic rings. The molecule has 1 heterocycles. The molecule has 0 fully saturated rings. The molecule has 0 spiro atoms. The van der Waals surface area contributed by atoms with E-state index in [4.69, 9.17) is 0 Å². The SMILES string of the molecule is Cc1ncc(C2C/C=C\C=C/CC2)c2ccccc12. The molecule has 0 saturated heterocycles. The van der Waals surface area contributed by atoms with Crippen molar-refractivity contribution in [3.05, 3.63) is 66.0 Å². The molecule has 0 aliphatic heterocycles. The first kappa shape index (κ1) is 12.2. The van der Waals surface area contributed by atoms with Crippen LogP contribution in [-0.2, 0) is 0 Å². The Morgan fingerprint density at radius 1 is 1.05 bits per heavy atom. The van der Waals surface area contributed by atoms with Gasteiger partial charge in [-0.1, -0.05) is 48.6 Å². The third-order valence-electron chi connectivity index (χ3n) is 3.95. The van der Waals surface area contributed by atoms with Crippen molar-refractivity contribution in [1.29, 1.82) is 0 Å². The first-order chi connectivity index (χ1) is 9.36. The summed E-state index contributed by atoms with van der Waals surface area (Å²) in [6.45, 7) is 2.09. The lowest BCUT2D eigenvalue weighted by Gasteiger charge is -2.18. The highest BCUT2D eigenvalue weighted by atomic mass is 14.7. The first-order valence-electron chi connectivity index (χ1n) is 7.02. The van der Waals surface area contributed by atoms with Gasteiger partial charge in [-0.05, 0) is 43.1 Å². The Morgan fingerprint density at radius 3 is 2.74 bits per heavy atom. The minimum Gasteiger partial charge on any atom is -0.261 e. The number of hydrogen-bond donors (Lipinski definition) is 0. The van der Waals surface area contributed by atoms with Crippen molar-refractivity contribution < 1.29 is 0 Å². The molecule has 0 amide bonds. The highest BCUT2D eigenvalue weighted by Gasteiger charge is 2.14. The van der Waals surface area contributed by atoms with Gasteiger partial charge in [-0.2, -0.15) is 0 Å². The summed E-state index contributed by atoms with van der Waals surface area (Å²) in [5.74, 6) is 0.583. The number of fused-ring (bicyclic) bond motifs is 1. The van der Waals surface area contributed by atoms with Gasteiger partial charge in [-0.25, -0.2) is 0 Å². The van der Waals surface area contributed by atoms with Gasteiger partial charge >= 0.3 is 0 Å². The highest BCUT2D eigenvalue weighted by Crippen LogP contribution is 2.32. The second kappa shape index (κ2) is 5.40. The van der Waals surface area contributed by atoms with Crippen LogP contribution in [0.1, 0.15) is 36.4 Å². The molecule has 0 radical (unpaired) electrons. The fourth-order valence-electron chi connectivity index (χ4n) is 2.88. The number of nitrogens with zero attached hydrogens (tertiary/aromatic N) is 1. The zero-order chi connectivity index (χ0) is 13.1. The Morgan fingerprint density at radius 2 is 1.84 bits per heavy atom. The predicted octanol–water partition coefficient (Wildman–Crippen LogP) is 4.92. The number of aromatic nitrogens is 1. The molecule has 0 saturated carbocycles. The summed E-state index contributed by atoms with van der Waals surface area (Å²) in [4.78, 5) is 4.59. The average molecular weight is 249 g/mol. The minimum atomic E-state index is 0.583. The summed E-state index contributed by atoms with van der Waals surface area (Å²) < 4.78 is 0. The lowest BCUT2D eigenvalue weighted by molar-refractivity contribution is 0.640. The first-order valence-corrected chi connectivity index (χ1v) is 7.02. The average Bonchev–Trinajstić information content (AvgIpc) is 2.40. The van der Waals surface area contributed by atoms with Crippen molar-refractivity contribution >= 4 is 10.8 Å². The van der Waals surface area contributed by atoms with Gasteiger partial charge in [-0.15, -0.1) is 0 Å². The Labute approximate surface area is 114 Å². The molecule has 1 aliphatic carbocycles. The highest BCUT2D eigenvalue weighted by molar-refractivity contribution is 5.87. The standard InChI is InChI=1S/C18H19N/c1-14-16-11-7-8-12-17(16)18(13-19-14)15-9-5-3-2-4-6-10-15/h2-5,7-8,11-13,15H,6,9-10H2,1H3/b4-2-,5-3-. The van der Waals surface area contributed by atoms with Crippen LogP contribution in [0.3, 0.4) is 0 Å².